The molecule has 0 atom stereocenters. The molecule has 1 aromatic heterocycles. The summed E-state index contributed by atoms with van der Waals surface area (Å²) >= 11 is 0. The van der Waals surface area contributed by atoms with Gasteiger partial charge in [0.2, 0.25) is 0 Å². The van der Waals surface area contributed by atoms with Gasteiger partial charge in [-0.1, -0.05) is 36.4 Å². The summed E-state index contributed by atoms with van der Waals surface area (Å²) in [6, 6.07) is 14.0. The molecular weight excluding hydrogens is 418 g/mol. The Hall–Kier alpha value is -4.25. The summed E-state index contributed by atoms with van der Waals surface area (Å²) < 4.78 is 6.08. The molecule has 0 aliphatic rings. The van der Waals surface area contributed by atoms with Gasteiger partial charge in [-0.25, -0.2) is 4.79 Å². The number of hydrogen-bond acceptors (Lipinski definition) is 7. The number of rotatable bonds is 8. The van der Waals surface area contributed by atoms with Crippen LogP contribution < -0.4 is 21.9 Å². The molecule has 0 saturated heterocycles. The molecule has 3 aromatic rings. The quantitative estimate of drug-likeness (QED) is 0.398. The molecule has 0 radical (unpaired) electrons. The van der Waals surface area contributed by atoms with Crippen molar-refractivity contribution in [1.82, 2.24) is 9.55 Å². The summed E-state index contributed by atoms with van der Waals surface area (Å²) in [6.45, 7) is 0.139. The number of H-pyrrole nitrogens is 1. The van der Waals surface area contributed by atoms with E-state index < -0.39 is 22.1 Å². The van der Waals surface area contributed by atoms with E-state index in [-0.39, 0.29) is 42.5 Å². The third kappa shape index (κ3) is 4.73. The number of methoxy groups -OCH3 is 1. The molecule has 1 amide bonds. The number of nitrogens with zero attached hydrogens (tertiary/aromatic N) is 3. The molecule has 166 valence electrons. The van der Waals surface area contributed by atoms with Gasteiger partial charge in [-0.3, -0.25) is 34.2 Å². The van der Waals surface area contributed by atoms with Crippen LogP contribution >= 0.6 is 0 Å². The van der Waals surface area contributed by atoms with E-state index in [2.05, 4.69) is 4.98 Å². The molecule has 0 aliphatic heterocycles. The Balaban J connectivity index is 2.17. The minimum absolute atomic E-state index is 0.0106. The second kappa shape index (κ2) is 9.71. The number of nitro benzene ring substituents is 1. The van der Waals surface area contributed by atoms with Gasteiger partial charge in [0.15, 0.2) is 5.69 Å². The van der Waals surface area contributed by atoms with Crippen molar-refractivity contribution in [2.24, 2.45) is 0 Å². The second-order valence-corrected chi connectivity index (χ2v) is 6.82. The molecule has 0 fully saturated rings. The number of nitro groups is 1. The number of benzene rings is 2. The summed E-state index contributed by atoms with van der Waals surface area (Å²) in [5.41, 5.74) is 4.73. The molecule has 11 heteroatoms. The van der Waals surface area contributed by atoms with Gasteiger partial charge in [0, 0.05) is 24.8 Å². The van der Waals surface area contributed by atoms with Gasteiger partial charge in [-0.05, 0) is 11.6 Å². The summed E-state index contributed by atoms with van der Waals surface area (Å²) in [5.74, 6) is -0.905. The Bertz CT molecular complexity index is 1250. The predicted molar refractivity (Wildman–Crippen MR) is 118 cm³/mol. The van der Waals surface area contributed by atoms with Crippen LogP contribution in [0.15, 0.2) is 64.2 Å². The fourth-order valence-electron chi connectivity index (χ4n) is 3.17. The number of nitrogen functional groups attached to an aromatic ring is 1. The first-order valence-corrected chi connectivity index (χ1v) is 9.55. The maximum absolute atomic E-state index is 13.4. The Morgan fingerprint density at radius 1 is 1.19 bits per heavy atom. The number of amides is 1. The third-order valence-corrected chi connectivity index (χ3v) is 4.74. The minimum Gasteiger partial charge on any atom is -0.383 e. The maximum atomic E-state index is 13.4. The Morgan fingerprint density at radius 3 is 2.56 bits per heavy atom. The number of nitrogens with two attached hydrogens (primary N) is 1. The highest BCUT2D eigenvalue weighted by atomic mass is 16.6. The smallest absolute Gasteiger partial charge is 0.330 e. The molecule has 3 N–H and O–H groups in total. The van der Waals surface area contributed by atoms with Crippen LogP contribution in [-0.2, 0) is 17.8 Å². The number of non-ortho nitro benzene ring substituents is 1. The molecule has 11 nitrogen and oxygen atoms in total. The normalized spacial score (nSPS) is 10.7. The third-order valence-electron chi connectivity index (χ3n) is 4.74. The van der Waals surface area contributed by atoms with Crippen LogP contribution in [0.3, 0.4) is 0 Å². The monoisotopic (exact) mass is 439 g/mol. The van der Waals surface area contributed by atoms with Crippen molar-refractivity contribution in [3.05, 3.63) is 96.7 Å². The number of hydrogen-bond donors (Lipinski definition) is 2. The van der Waals surface area contributed by atoms with Crippen LogP contribution in [-0.4, -0.2) is 34.1 Å². The molecule has 0 aliphatic carbocycles. The van der Waals surface area contributed by atoms with Gasteiger partial charge in [0.05, 0.1) is 24.6 Å². The van der Waals surface area contributed by atoms with E-state index in [1.54, 1.807) is 30.3 Å². The molecule has 0 unspecified atom stereocenters. The molecular formula is C21H21N5O6. The topological polar surface area (TPSA) is 154 Å². The zero-order chi connectivity index (χ0) is 23.3. The largest absolute Gasteiger partial charge is 0.383 e. The summed E-state index contributed by atoms with van der Waals surface area (Å²) in [5, 5.41) is 11.2. The lowest BCUT2D eigenvalue weighted by Crippen LogP contribution is -2.41. The predicted octanol–water partition coefficient (Wildman–Crippen LogP) is 1.52. The van der Waals surface area contributed by atoms with E-state index in [1.807, 2.05) is 0 Å². The van der Waals surface area contributed by atoms with E-state index in [4.69, 9.17) is 10.5 Å². The van der Waals surface area contributed by atoms with Crippen LogP contribution in [0, 0.1) is 10.1 Å². The van der Waals surface area contributed by atoms with Crippen molar-refractivity contribution in [3.8, 4) is 0 Å². The second-order valence-electron chi connectivity index (χ2n) is 6.82. The average molecular weight is 439 g/mol. The summed E-state index contributed by atoms with van der Waals surface area (Å²) in [7, 11) is 1.45. The number of anilines is 2. The lowest BCUT2D eigenvalue weighted by atomic mass is 10.1. The standard InChI is InChI=1S/C21H21N5O6/c1-32-11-10-24-18(22)17(19(27)23-21(24)29)25(13-14-6-3-2-4-7-14)20(28)15-8-5-9-16(12-15)26(30)31/h2-9,12H,10-11,13,22H2,1H3,(H,23,27,29). The number of ether oxygens (including phenoxy) is 1. The Kier molecular flexibility index (Phi) is 6.80. The van der Waals surface area contributed by atoms with E-state index in [9.17, 15) is 24.5 Å². The van der Waals surface area contributed by atoms with Gasteiger partial charge in [0.25, 0.3) is 17.2 Å². The van der Waals surface area contributed by atoms with Crippen molar-refractivity contribution in [2.45, 2.75) is 13.1 Å². The van der Waals surface area contributed by atoms with Gasteiger partial charge in [-0.15, -0.1) is 0 Å². The van der Waals surface area contributed by atoms with Gasteiger partial charge >= 0.3 is 5.69 Å². The zero-order valence-electron chi connectivity index (χ0n) is 17.2. The first-order valence-electron chi connectivity index (χ1n) is 9.55. The van der Waals surface area contributed by atoms with Gasteiger partial charge in [-0.2, -0.15) is 0 Å². The van der Waals surface area contributed by atoms with Gasteiger partial charge < -0.3 is 10.5 Å². The molecule has 3 rings (SSSR count). The molecule has 2 aromatic carbocycles. The highest BCUT2D eigenvalue weighted by Crippen LogP contribution is 2.23. The van der Waals surface area contributed by atoms with E-state index in [0.29, 0.717) is 5.56 Å². The van der Waals surface area contributed by atoms with Crippen molar-refractivity contribution in [3.63, 3.8) is 0 Å². The van der Waals surface area contributed by atoms with Crippen molar-refractivity contribution in [2.75, 3.05) is 24.4 Å². The lowest BCUT2D eigenvalue weighted by molar-refractivity contribution is -0.384. The van der Waals surface area contributed by atoms with Gasteiger partial charge in [0.1, 0.15) is 5.82 Å². The molecule has 0 bridgehead atoms. The van der Waals surface area contributed by atoms with E-state index in [0.717, 1.165) is 15.5 Å². The number of aromatic nitrogens is 2. The van der Waals surface area contributed by atoms with E-state index >= 15 is 0 Å². The number of carbonyl (C=O) groups excluding carboxylic acids is 1. The Labute approximate surface area is 181 Å². The van der Waals surface area contributed by atoms with Crippen LogP contribution in [0.2, 0.25) is 0 Å². The molecule has 1 heterocycles. The molecule has 0 spiro atoms. The molecule has 0 saturated carbocycles. The minimum atomic E-state index is -0.851. The lowest BCUT2D eigenvalue weighted by Gasteiger charge is -2.24. The average Bonchev–Trinajstić information content (AvgIpc) is 2.78. The van der Waals surface area contributed by atoms with Crippen LogP contribution in [0.4, 0.5) is 17.2 Å². The fraction of sp³-hybridized carbons (Fsp3) is 0.190. The molecule has 32 heavy (non-hydrogen) atoms. The SMILES string of the molecule is COCCn1c(N)c(N(Cc2ccccc2)C(=O)c2cccc([N+](=O)[O-])c2)c(=O)[nH]c1=O. The summed E-state index contributed by atoms with van der Waals surface area (Å²) in [4.78, 5) is 52.2. The first kappa shape index (κ1) is 22.4. The van der Waals surface area contributed by atoms with Crippen molar-refractivity contribution >= 4 is 23.1 Å². The highest BCUT2D eigenvalue weighted by Gasteiger charge is 2.26. The van der Waals surface area contributed by atoms with E-state index in [1.165, 1.54) is 25.3 Å². The van der Waals surface area contributed by atoms with Crippen molar-refractivity contribution in [1.29, 1.82) is 0 Å². The maximum Gasteiger partial charge on any atom is 0.330 e. The van der Waals surface area contributed by atoms with Crippen LogP contribution in [0.1, 0.15) is 15.9 Å². The Morgan fingerprint density at radius 2 is 1.91 bits per heavy atom. The number of carbonyl (C=O) groups is 1. The van der Waals surface area contributed by atoms with Crippen LogP contribution in [0.25, 0.3) is 0 Å². The summed E-state index contributed by atoms with van der Waals surface area (Å²) in [6.07, 6.45) is 0. The van der Waals surface area contributed by atoms with Crippen LogP contribution in [0.5, 0.6) is 0 Å². The highest BCUT2D eigenvalue weighted by molar-refractivity contribution is 6.07. The van der Waals surface area contributed by atoms with Crippen molar-refractivity contribution < 1.29 is 14.5 Å². The number of aromatic amines is 1. The zero-order valence-corrected chi connectivity index (χ0v) is 17.2. The number of nitrogens with one attached hydrogen (secondary N) is 1. The first-order chi connectivity index (χ1) is 15.3. The fourth-order valence-corrected chi connectivity index (χ4v) is 3.17.